The van der Waals surface area contributed by atoms with Gasteiger partial charge >= 0.3 is 23.9 Å². The summed E-state index contributed by atoms with van der Waals surface area (Å²) in [6, 6.07) is 29.2. The Bertz CT molecular complexity index is 1880. The monoisotopic (exact) mass is 790 g/mol. The number of esters is 4. The van der Waals surface area contributed by atoms with Gasteiger partial charge in [-0.3, -0.25) is 0 Å². The van der Waals surface area contributed by atoms with E-state index < -0.39 is 23.9 Å². The van der Waals surface area contributed by atoms with E-state index in [4.69, 9.17) is 37.9 Å². The summed E-state index contributed by atoms with van der Waals surface area (Å²) in [5.41, 5.74) is 4.18. The second-order valence-corrected chi connectivity index (χ2v) is 12.4. The molecule has 4 aromatic carbocycles. The van der Waals surface area contributed by atoms with Crippen molar-refractivity contribution in [3.63, 3.8) is 0 Å². The lowest BCUT2D eigenvalue weighted by atomic mass is 10.1. The van der Waals surface area contributed by atoms with E-state index in [2.05, 4.69) is 13.2 Å². The first-order valence-corrected chi connectivity index (χ1v) is 18.3. The van der Waals surface area contributed by atoms with E-state index in [9.17, 15) is 19.2 Å². The summed E-state index contributed by atoms with van der Waals surface area (Å²) in [6.45, 7) is 11.4. The lowest BCUT2D eigenvalue weighted by Crippen LogP contribution is -2.12. The third-order valence-electron chi connectivity index (χ3n) is 7.69. The average molecular weight is 791 g/mol. The molecule has 302 valence electrons. The predicted octanol–water partition coefficient (Wildman–Crippen LogP) is 7.62. The highest BCUT2D eigenvalue weighted by Crippen LogP contribution is 2.25. The summed E-state index contributed by atoms with van der Waals surface area (Å²) >= 11 is 0. The van der Waals surface area contributed by atoms with Crippen LogP contribution < -0.4 is 18.9 Å². The van der Waals surface area contributed by atoms with Crippen LogP contribution in [-0.4, -0.2) is 76.7 Å². The molecule has 0 spiro atoms. The fraction of sp³-hybridized carbons (Fsp3) is 0.217. The zero-order valence-electron chi connectivity index (χ0n) is 32.5. The Morgan fingerprint density at radius 3 is 0.983 bits per heavy atom. The summed E-state index contributed by atoms with van der Waals surface area (Å²) < 4.78 is 43.0. The highest BCUT2D eigenvalue weighted by atomic mass is 16.6. The van der Waals surface area contributed by atoms with Crippen molar-refractivity contribution in [3.05, 3.63) is 145 Å². The van der Waals surface area contributed by atoms with Gasteiger partial charge in [-0.25, -0.2) is 19.2 Å². The highest BCUT2D eigenvalue weighted by Gasteiger charge is 2.06. The van der Waals surface area contributed by atoms with Crippen molar-refractivity contribution >= 4 is 36.0 Å². The molecule has 4 aromatic rings. The molecule has 12 heteroatoms. The molecule has 0 atom stereocenters. The number of carbonyl (C=O) groups is 4. The number of carbonyl (C=O) groups excluding carboxylic acids is 4. The van der Waals surface area contributed by atoms with Crippen molar-refractivity contribution < 1.29 is 57.1 Å². The number of hydrogen-bond donors (Lipinski definition) is 0. The van der Waals surface area contributed by atoms with Gasteiger partial charge in [-0.15, -0.1) is 0 Å². The van der Waals surface area contributed by atoms with E-state index in [-0.39, 0.29) is 52.9 Å². The molecule has 0 N–H and O–H groups in total. The minimum atomic E-state index is -0.495. The van der Waals surface area contributed by atoms with Gasteiger partial charge in [0.1, 0.15) is 75.9 Å². The van der Waals surface area contributed by atoms with Crippen LogP contribution in [-0.2, 0) is 38.1 Å². The Kier molecular flexibility index (Phi) is 17.9. The molecule has 4 rings (SSSR count). The Labute approximate surface area is 337 Å². The molecule has 0 aliphatic heterocycles. The van der Waals surface area contributed by atoms with Gasteiger partial charge in [-0.2, -0.15) is 0 Å². The van der Waals surface area contributed by atoms with Gasteiger partial charge < -0.3 is 37.9 Å². The second kappa shape index (κ2) is 23.8. The lowest BCUT2D eigenvalue weighted by Gasteiger charge is -2.09. The van der Waals surface area contributed by atoms with E-state index in [1.807, 2.05) is 48.5 Å². The molecule has 0 aliphatic carbocycles. The Hall–Kier alpha value is -7.08. The molecule has 0 aromatic heterocycles. The van der Waals surface area contributed by atoms with Gasteiger partial charge in [0, 0.05) is 23.3 Å². The second-order valence-electron chi connectivity index (χ2n) is 12.4. The van der Waals surface area contributed by atoms with Crippen molar-refractivity contribution in [2.45, 2.75) is 13.8 Å². The summed E-state index contributed by atoms with van der Waals surface area (Å²) in [4.78, 5) is 47.1. The lowest BCUT2D eigenvalue weighted by molar-refractivity contribution is -0.140. The molecule has 58 heavy (non-hydrogen) atoms. The minimum Gasteiger partial charge on any atom is -0.490 e. The maximum atomic E-state index is 12.1. The van der Waals surface area contributed by atoms with Crippen LogP contribution in [0.25, 0.3) is 23.3 Å². The van der Waals surface area contributed by atoms with E-state index in [0.717, 1.165) is 22.3 Å². The van der Waals surface area contributed by atoms with Crippen LogP contribution in [0.15, 0.2) is 134 Å². The van der Waals surface area contributed by atoms with Crippen LogP contribution in [0, 0.1) is 0 Å². The molecular weight excluding hydrogens is 744 g/mol. The van der Waals surface area contributed by atoms with Gasteiger partial charge in [0.15, 0.2) is 0 Å². The number of benzene rings is 4. The van der Waals surface area contributed by atoms with Crippen LogP contribution in [0.4, 0.5) is 0 Å². The molecule has 0 saturated heterocycles. The summed E-state index contributed by atoms with van der Waals surface area (Å²) in [5, 5.41) is 0. The first kappa shape index (κ1) is 43.6. The Morgan fingerprint density at radius 2 is 0.690 bits per heavy atom. The van der Waals surface area contributed by atoms with Crippen LogP contribution >= 0.6 is 0 Å². The molecule has 0 bridgehead atoms. The van der Waals surface area contributed by atoms with E-state index >= 15 is 0 Å². The Balaban J connectivity index is 1.06. The van der Waals surface area contributed by atoms with Crippen molar-refractivity contribution in [2.75, 3.05) is 52.9 Å². The van der Waals surface area contributed by atoms with Gasteiger partial charge in [0.2, 0.25) is 0 Å². The largest absolute Gasteiger partial charge is 0.490 e. The predicted molar refractivity (Wildman–Crippen MR) is 218 cm³/mol. The van der Waals surface area contributed by atoms with Gasteiger partial charge in [0.25, 0.3) is 0 Å². The fourth-order valence-electron chi connectivity index (χ4n) is 4.70. The smallest absolute Gasteiger partial charge is 0.333 e. The molecule has 0 amide bonds. The average Bonchev–Trinajstić information content (AvgIpc) is 3.23. The summed E-state index contributed by atoms with van der Waals surface area (Å²) in [5.74, 6) is 0.570. The first-order valence-electron chi connectivity index (χ1n) is 18.3. The number of rotatable bonds is 23. The quantitative estimate of drug-likeness (QED) is 0.0316. The topological polar surface area (TPSA) is 142 Å². The molecule has 12 nitrogen and oxygen atoms in total. The van der Waals surface area contributed by atoms with Crippen molar-refractivity contribution in [2.24, 2.45) is 0 Å². The minimum absolute atomic E-state index is 0.0801. The molecule has 0 heterocycles. The molecule has 0 aliphatic rings. The molecule has 0 radical (unpaired) electrons. The first-order chi connectivity index (χ1) is 28.0. The van der Waals surface area contributed by atoms with Gasteiger partial charge in [-0.05, 0) is 96.8 Å². The van der Waals surface area contributed by atoms with Crippen LogP contribution in [0.5, 0.6) is 23.0 Å². The number of hydrogen-bond acceptors (Lipinski definition) is 12. The zero-order chi connectivity index (χ0) is 41.5. The SMILES string of the molecule is C=C(C)C(=O)OCCOc1ccc(/C=C/C(=O)OCCOc2ccc(-c3ccc(OCCOC(=O)/C=C/c4ccc(OCCOC(=O)C(=C)C)cc4)cc3)cc2)cc1. The van der Waals surface area contributed by atoms with Crippen LogP contribution in [0.2, 0.25) is 0 Å². The molecule has 0 fully saturated rings. The maximum Gasteiger partial charge on any atom is 0.333 e. The Morgan fingerprint density at radius 1 is 0.414 bits per heavy atom. The van der Waals surface area contributed by atoms with Crippen LogP contribution in [0.3, 0.4) is 0 Å². The van der Waals surface area contributed by atoms with Gasteiger partial charge in [0.05, 0.1) is 0 Å². The maximum absolute atomic E-state index is 12.1. The van der Waals surface area contributed by atoms with Crippen molar-refractivity contribution in [1.82, 2.24) is 0 Å². The third-order valence-corrected chi connectivity index (χ3v) is 7.69. The van der Waals surface area contributed by atoms with E-state index in [1.54, 1.807) is 74.5 Å². The highest BCUT2D eigenvalue weighted by molar-refractivity contribution is 5.88. The van der Waals surface area contributed by atoms with E-state index in [1.165, 1.54) is 12.2 Å². The standard InChI is InChI=1S/C46H46O12/c1-33(2)45(49)57-31-27-53-39-15-5-35(6-16-39)9-23-43(47)55-29-25-51-41-19-11-37(12-20-41)38-13-21-42(22-14-38)52-26-30-56-44(48)24-10-36-7-17-40(18-8-36)54-28-32-58-46(50)34(3)4/h5-24H,1,3,25-32H2,2,4H3/b23-9+,24-10+. The molecule has 0 saturated carbocycles. The van der Waals surface area contributed by atoms with Crippen LogP contribution in [0.1, 0.15) is 25.0 Å². The van der Waals surface area contributed by atoms with Crippen molar-refractivity contribution in [1.29, 1.82) is 0 Å². The molecular formula is C46H46O12. The van der Waals surface area contributed by atoms with Crippen molar-refractivity contribution in [3.8, 4) is 34.1 Å². The number of ether oxygens (including phenoxy) is 8. The van der Waals surface area contributed by atoms with Gasteiger partial charge in [-0.1, -0.05) is 61.7 Å². The zero-order valence-corrected chi connectivity index (χ0v) is 32.5. The molecule has 0 unspecified atom stereocenters. The summed E-state index contributed by atoms with van der Waals surface area (Å²) in [6.07, 6.45) is 5.95. The van der Waals surface area contributed by atoms with E-state index in [0.29, 0.717) is 34.1 Å². The third kappa shape index (κ3) is 16.3. The normalized spacial score (nSPS) is 10.7. The summed E-state index contributed by atoms with van der Waals surface area (Å²) in [7, 11) is 0. The fourth-order valence-corrected chi connectivity index (χ4v) is 4.70.